The van der Waals surface area contributed by atoms with Gasteiger partial charge in [-0.25, -0.2) is 14.2 Å². The molecule has 0 fully saturated rings. The molecule has 4 rings (SSSR count). The van der Waals surface area contributed by atoms with Gasteiger partial charge >= 0.3 is 15.6 Å². The second kappa shape index (κ2) is 40.0. The fraction of sp³-hybridized carbons (Fsp3) is 0.444. The lowest BCUT2D eigenvalue weighted by Gasteiger charge is -2.09. The number of rotatable bonds is 21. The lowest BCUT2D eigenvalue weighted by molar-refractivity contribution is -0.0500. The van der Waals surface area contributed by atoms with Crippen LogP contribution < -0.4 is 18.3 Å². The molecule has 3 N–H and O–H groups in total. The Kier molecular flexibility index (Phi) is 38.9. The smallest absolute Gasteiger partial charge is 0.534 e. The number of ether oxygens (including phenoxy) is 3. The molecule has 0 aromatic heterocycles. The number of carbonyl (C=O) groups excluding carboxylic acids is 1. The van der Waals surface area contributed by atoms with Gasteiger partial charge in [-0.3, -0.25) is 17.4 Å². The van der Waals surface area contributed by atoms with Crippen molar-refractivity contribution < 1.29 is 71.1 Å². The summed E-state index contributed by atoms with van der Waals surface area (Å²) in [7, 11) is -1.04. The number of carbonyl (C=O) groups is 1. The fourth-order valence-corrected chi connectivity index (χ4v) is 5.92. The van der Waals surface area contributed by atoms with E-state index in [1.807, 2.05) is 61.5 Å². The quantitative estimate of drug-likeness (QED) is 0.0267. The van der Waals surface area contributed by atoms with Gasteiger partial charge in [0.25, 0.3) is 0 Å². The van der Waals surface area contributed by atoms with E-state index in [0.29, 0.717) is 45.9 Å². The van der Waals surface area contributed by atoms with Gasteiger partial charge in [0.05, 0.1) is 19.8 Å². The number of methoxy groups -OCH3 is 3. The highest BCUT2D eigenvalue weighted by Gasteiger charge is 2.48. The fourth-order valence-electron chi connectivity index (χ4n) is 4.71. The van der Waals surface area contributed by atoms with Gasteiger partial charge in [0.1, 0.15) is 5.75 Å². The molecule has 4 aromatic carbocycles. The Morgan fingerprint density at radius 2 is 0.971 bits per heavy atom. The first-order chi connectivity index (χ1) is 32.1. The van der Waals surface area contributed by atoms with Crippen LogP contribution in [-0.2, 0) is 83.8 Å². The molecule has 0 spiro atoms. The van der Waals surface area contributed by atoms with Crippen molar-refractivity contribution in [1.82, 2.24) is 14.2 Å². The minimum absolute atomic E-state index is 0.0934. The molecule has 0 aliphatic rings. The summed E-state index contributed by atoms with van der Waals surface area (Å²) in [6.07, 6.45) is 3.99. The topological polar surface area (TPSA) is 245 Å². The number of aryl methyl sites for hydroxylation is 3. The maximum Gasteiger partial charge on any atom is 0.534 e. The summed E-state index contributed by atoms with van der Waals surface area (Å²) in [5, 5.41) is 0. The molecular formula is C45H65F3N3O13S4-3. The molecule has 0 bridgehead atoms. The number of benzene rings is 4. The summed E-state index contributed by atoms with van der Waals surface area (Å²) in [5.74, 6) is 0.503. The third-order valence-electron chi connectivity index (χ3n) is 8.11. The van der Waals surface area contributed by atoms with Crippen LogP contribution in [0.25, 0.3) is 0 Å². The minimum atomic E-state index is -5.57. The van der Waals surface area contributed by atoms with Crippen molar-refractivity contribution in [2.45, 2.75) is 65.8 Å². The monoisotopic (exact) mass is 1040 g/mol. The Labute approximate surface area is 407 Å². The molecule has 23 heteroatoms. The van der Waals surface area contributed by atoms with Crippen molar-refractivity contribution in [1.29, 1.82) is 0 Å². The number of nitrogens with one attached hydrogen (secondary N) is 3. The molecule has 0 saturated heterocycles. The van der Waals surface area contributed by atoms with Crippen LogP contribution in [0.2, 0.25) is 0 Å². The van der Waals surface area contributed by atoms with Crippen molar-refractivity contribution in [2.75, 3.05) is 60.8 Å². The van der Waals surface area contributed by atoms with Crippen LogP contribution >= 0.6 is 0 Å². The van der Waals surface area contributed by atoms with Crippen molar-refractivity contribution in [3.63, 3.8) is 0 Å². The molecule has 0 aliphatic carbocycles. The number of halogens is 3. The summed E-state index contributed by atoms with van der Waals surface area (Å²) in [6, 6.07) is 31.5. The molecule has 0 saturated carbocycles. The number of ketones is 1. The highest BCUT2D eigenvalue weighted by atomic mass is 32.2. The highest BCUT2D eigenvalue weighted by Crippen LogP contribution is 2.27. The lowest BCUT2D eigenvalue weighted by Crippen LogP contribution is -2.28. The predicted octanol–water partition coefficient (Wildman–Crippen LogP) is 6.45. The maximum absolute atomic E-state index is 12.1. The van der Waals surface area contributed by atoms with Crippen LogP contribution in [0.4, 0.5) is 13.2 Å². The molecule has 16 nitrogen and oxygen atoms in total. The zero-order chi connectivity index (χ0) is 52.0. The van der Waals surface area contributed by atoms with Crippen LogP contribution in [0.15, 0.2) is 103 Å². The van der Waals surface area contributed by atoms with Crippen LogP contribution in [-0.4, -0.2) is 107 Å². The summed E-state index contributed by atoms with van der Waals surface area (Å²) in [6.45, 7) is 12.9. The van der Waals surface area contributed by atoms with Gasteiger partial charge in [0, 0.05) is 85.9 Å². The van der Waals surface area contributed by atoms with Gasteiger partial charge in [-0.05, 0) is 72.1 Å². The van der Waals surface area contributed by atoms with Crippen molar-refractivity contribution in [2.24, 2.45) is 5.92 Å². The molecule has 0 aliphatic heterocycles. The molecule has 68 heavy (non-hydrogen) atoms. The molecule has 3 atom stereocenters. The first-order valence-electron chi connectivity index (χ1n) is 20.9. The Morgan fingerprint density at radius 3 is 1.32 bits per heavy atom. The highest BCUT2D eigenvalue weighted by molar-refractivity contribution is 7.88. The van der Waals surface area contributed by atoms with E-state index in [-0.39, 0.29) is 11.5 Å². The number of alkyl halides is 3. The van der Waals surface area contributed by atoms with Crippen LogP contribution in [0.5, 0.6) is 5.75 Å². The van der Waals surface area contributed by atoms with Crippen molar-refractivity contribution in [3.05, 3.63) is 137 Å². The van der Waals surface area contributed by atoms with E-state index in [9.17, 15) is 52.7 Å². The zero-order valence-corrected chi connectivity index (χ0v) is 42.8. The zero-order valence-electron chi connectivity index (χ0n) is 39.5. The van der Waals surface area contributed by atoms with Gasteiger partial charge < -0.3 is 32.1 Å². The Bertz CT molecular complexity index is 2040. The number of hydrogen-bond donors (Lipinski definition) is 3. The van der Waals surface area contributed by atoms with E-state index < -0.39 is 49.4 Å². The predicted molar refractivity (Wildman–Crippen MR) is 258 cm³/mol. The average Bonchev–Trinajstić information content (AvgIpc) is 3.30. The van der Waals surface area contributed by atoms with Gasteiger partial charge in [-0.15, -0.1) is 0 Å². The average molecular weight is 1040 g/mol. The molecule has 0 radical (unpaired) electrons. The second-order valence-corrected chi connectivity index (χ2v) is 17.7. The van der Waals surface area contributed by atoms with Gasteiger partial charge in [-0.1, -0.05) is 120 Å². The summed E-state index contributed by atoms with van der Waals surface area (Å²) in [5.41, 5.74) is 1.07. The summed E-state index contributed by atoms with van der Waals surface area (Å²) >= 11 is -6.44. The Balaban J connectivity index is 0. The first kappa shape index (κ1) is 66.3. The largest absolute Gasteiger partial charge is 0.760 e. The molecule has 0 heterocycles. The van der Waals surface area contributed by atoms with E-state index in [2.05, 4.69) is 84.5 Å². The van der Waals surface area contributed by atoms with Crippen molar-refractivity contribution in [3.8, 4) is 5.75 Å². The third kappa shape index (κ3) is 35.3. The van der Waals surface area contributed by atoms with Gasteiger partial charge in [0.15, 0.2) is 5.78 Å². The summed E-state index contributed by atoms with van der Waals surface area (Å²) in [4.78, 5) is 12.1. The van der Waals surface area contributed by atoms with Crippen LogP contribution in [0, 0.1) is 5.92 Å². The van der Waals surface area contributed by atoms with E-state index in [1.54, 1.807) is 0 Å². The third-order valence-corrected chi connectivity index (χ3v) is 10.4. The molecule has 0 amide bonds. The maximum atomic E-state index is 12.1. The standard InChI is InChI=1S/C15H14O.C12H18.C9H9F3O3S.3C3H9NO3S/c1-2-12-7-6-10-14(11-12)15(16)13-8-4-3-5-9-13;1-4-11-5-7-12(8-6-11)9-10(2)3;1-2-7-3-5-8(6-4-7)15-16(13,14)9(10,11)12;3*1-7-3-2-4-8(5)6/h3-11H,2H2,1H3;5-8,10H,4,9H2,1-3H3;3-6H,2H2,1H3;3*4H,2-3H2,1H3,(H,5,6)/p-3. The normalized spacial score (nSPS) is 12.0. The SMILES string of the molecule is CCc1ccc(CC(C)C)cc1.CCc1ccc(OS(=O)(=O)C(F)(F)F)cc1.CCc1cccc(C(=O)c2ccccc2)c1.COCCNS(=O)[O-].COCCNS(=O)[O-].COCCNS(=O)[O-]. The molecule has 4 aromatic rings. The molecule has 386 valence electrons. The van der Waals surface area contributed by atoms with E-state index >= 15 is 0 Å². The van der Waals surface area contributed by atoms with Gasteiger partial charge in [-0.2, -0.15) is 21.6 Å². The van der Waals surface area contributed by atoms with E-state index in [0.717, 1.165) is 35.4 Å². The minimum Gasteiger partial charge on any atom is -0.760 e. The lowest BCUT2D eigenvalue weighted by atomic mass is 10.0. The van der Waals surface area contributed by atoms with E-state index in [4.69, 9.17) is 0 Å². The summed E-state index contributed by atoms with van der Waals surface area (Å²) < 4.78 is 139. The molecular weight excluding hydrogens is 976 g/mol. The number of hydrogen-bond acceptors (Lipinski definition) is 13. The Morgan fingerprint density at radius 1 is 0.588 bits per heavy atom. The van der Waals surface area contributed by atoms with Crippen LogP contribution in [0.1, 0.15) is 72.8 Å². The second-order valence-electron chi connectivity index (χ2n) is 13.9. The molecule has 3 unspecified atom stereocenters. The van der Waals surface area contributed by atoms with Crippen molar-refractivity contribution >= 4 is 49.7 Å². The van der Waals surface area contributed by atoms with Crippen LogP contribution in [0.3, 0.4) is 0 Å². The Hall–Kier alpha value is -3.82. The first-order valence-corrected chi connectivity index (χ1v) is 25.5. The van der Waals surface area contributed by atoms with E-state index in [1.165, 1.54) is 68.7 Å². The van der Waals surface area contributed by atoms with Gasteiger partial charge in [0.2, 0.25) is 0 Å².